The Balaban J connectivity index is 1.88. The molecule has 1 N–H and O–H groups in total. The number of pyridine rings is 1. The molecule has 0 aliphatic carbocycles. The van der Waals surface area contributed by atoms with Crippen molar-refractivity contribution in [3.8, 4) is 0 Å². The van der Waals surface area contributed by atoms with Crippen LogP contribution >= 0.6 is 11.8 Å². The Labute approximate surface area is 110 Å². The molecular weight excluding hydrogens is 246 g/mol. The Morgan fingerprint density at radius 3 is 3.11 bits per heavy atom. The minimum atomic E-state index is -0.588. The van der Waals surface area contributed by atoms with Gasteiger partial charge in [-0.3, -0.25) is 4.98 Å². The molecule has 18 heavy (non-hydrogen) atoms. The molecule has 2 atom stereocenters. The van der Waals surface area contributed by atoms with E-state index in [0.29, 0.717) is 6.61 Å². The third-order valence-corrected chi connectivity index (χ3v) is 4.17. The van der Waals surface area contributed by atoms with Gasteiger partial charge in [-0.2, -0.15) is 11.8 Å². The second kappa shape index (κ2) is 5.26. The van der Waals surface area contributed by atoms with Crippen molar-refractivity contribution in [2.45, 2.75) is 12.2 Å². The number of aromatic nitrogens is 1. The summed E-state index contributed by atoms with van der Waals surface area (Å²) in [5, 5.41) is 11.4. The van der Waals surface area contributed by atoms with E-state index in [4.69, 9.17) is 4.74 Å². The number of nitrogens with zero attached hydrogens (tertiary/aromatic N) is 1. The SMILES string of the molecule is OC(c1cnc2ccccc2c1)C1CSCCO1. The van der Waals surface area contributed by atoms with Crippen LogP contribution < -0.4 is 0 Å². The van der Waals surface area contributed by atoms with Crippen LogP contribution in [0.15, 0.2) is 36.5 Å². The second-order valence-corrected chi connectivity index (χ2v) is 5.54. The molecule has 1 aliphatic rings. The van der Waals surface area contributed by atoms with Crippen LogP contribution in [0.4, 0.5) is 0 Å². The molecule has 3 nitrogen and oxygen atoms in total. The van der Waals surface area contributed by atoms with Crippen LogP contribution in [0.25, 0.3) is 10.9 Å². The molecule has 4 heteroatoms. The number of ether oxygens (including phenoxy) is 1. The quantitative estimate of drug-likeness (QED) is 0.901. The number of benzene rings is 1. The number of aliphatic hydroxyl groups excluding tert-OH is 1. The van der Waals surface area contributed by atoms with E-state index in [1.54, 1.807) is 6.20 Å². The van der Waals surface area contributed by atoms with Crippen molar-refractivity contribution in [1.82, 2.24) is 4.98 Å². The first-order chi connectivity index (χ1) is 8.84. The fourth-order valence-electron chi connectivity index (χ4n) is 2.15. The van der Waals surface area contributed by atoms with Crippen molar-refractivity contribution >= 4 is 22.7 Å². The van der Waals surface area contributed by atoms with E-state index in [1.165, 1.54) is 0 Å². The molecule has 1 aromatic heterocycles. The minimum absolute atomic E-state index is 0.119. The molecule has 2 unspecified atom stereocenters. The summed E-state index contributed by atoms with van der Waals surface area (Å²) in [5.41, 5.74) is 1.79. The lowest BCUT2D eigenvalue weighted by atomic mass is 10.0. The van der Waals surface area contributed by atoms with Gasteiger partial charge in [0.1, 0.15) is 6.10 Å². The summed E-state index contributed by atoms with van der Waals surface area (Å²) in [6.07, 6.45) is 1.04. The summed E-state index contributed by atoms with van der Waals surface area (Å²) in [5.74, 6) is 1.85. The van der Waals surface area contributed by atoms with Crippen molar-refractivity contribution in [2.75, 3.05) is 18.1 Å². The number of hydrogen-bond donors (Lipinski definition) is 1. The molecule has 0 radical (unpaired) electrons. The molecule has 0 bridgehead atoms. The molecule has 1 fully saturated rings. The van der Waals surface area contributed by atoms with Gasteiger partial charge in [0.05, 0.1) is 18.2 Å². The summed E-state index contributed by atoms with van der Waals surface area (Å²) < 4.78 is 5.61. The van der Waals surface area contributed by atoms with E-state index in [9.17, 15) is 5.11 Å². The largest absolute Gasteiger partial charge is 0.386 e. The van der Waals surface area contributed by atoms with Crippen molar-refractivity contribution in [1.29, 1.82) is 0 Å². The zero-order valence-electron chi connectivity index (χ0n) is 9.95. The predicted octanol–water partition coefficient (Wildman–Crippen LogP) is 2.40. The maximum Gasteiger partial charge on any atom is 0.107 e. The zero-order valence-corrected chi connectivity index (χ0v) is 10.8. The normalized spacial score (nSPS) is 21.9. The van der Waals surface area contributed by atoms with E-state index < -0.39 is 6.10 Å². The number of fused-ring (bicyclic) bond motifs is 1. The predicted molar refractivity (Wildman–Crippen MR) is 73.8 cm³/mol. The highest BCUT2D eigenvalue weighted by atomic mass is 32.2. The van der Waals surface area contributed by atoms with E-state index in [2.05, 4.69) is 4.98 Å². The van der Waals surface area contributed by atoms with Crippen molar-refractivity contribution < 1.29 is 9.84 Å². The number of hydrogen-bond acceptors (Lipinski definition) is 4. The Morgan fingerprint density at radius 1 is 1.39 bits per heavy atom. The number of thioether (sulfide) groups is 1. The van der Waals surface area contributed by atoms with Gasteiger partial charge >= 0.3 is 0 Å². The summed E-state index contributed by atoms with van der Waals surface area (Å²) in [6.45, 7) is 0.716. The third-order valence-electron chi connectivity index (χ3n) is 3.15. The maximum atomic E-state index is 10.3. The lowest BCUT2D eigenvalue weighted by molar-refractivity contribution is -0.0228. The maximum absolute atomic E-state index is 10.3. The van der Waals surface area contributed by atoms with E-state index in [0.717, 1.165) is 28.0 Å². The Bertz CT molecular complexity index is 540. The van der Waals surface area contributed by atoms with Crippen LogP contribution in [0.5, 0.6) is 0 Å². The summed E-state index contributed by atoms with van der Waals surface area (Å²) in [6, 6.07) is 9.92. The van der Waals surface area contributed by atoms with Gasteiger partial charge in [-0.1, -0.05) is 18.2 Å². The fourth-order valence-corrected chi connectivity index (χ4v) is 3.04. The molecule has 94 valence electrons. The number of rotatable bonds is 2. The van der Waals surface area contributed by atoms with Gasteiger partial charge in [0, 0.05) is 28.7 Å². The van der Waals surface area contributed by atoms with Gasteiger partial charge in [0.15, 0.2) is 0 Å². The van der Waals surface area contributed by atoms with Gasteiger partial charge in [0.25, 0.3) is 0 Å². The monoisotopic (exact) mass is 261 g/mol. The smallest absolute Gasteiger partial charge is 0.107 e. The van der Waals surface area contributed by atoms with Crippen molar-refractivity contribution in [3.05, 3.63) is 42.1 Å². The van der Waals surface area contributed by atoms with E-state index >= 15 is 0 Å². The summed E-state index contributed by atoms with van der Waals surface area (Å²) >= 11 is 1.82. The first-order valence-electron chi connectivity index (χ1n) is 6.07. The lowest BCUT2D eigenvalue weighted by Crippen LogP contribution is -2.29. The molecule has 0 spiro atoms. The van der Waals surface area contributed by atoms with Crippen molar-refractivity contribution in [3.63, 3.8) is 0 Å². The Morgan fingerprint density at radius 2 is 2.28 bits per heavy atom. The molecule has 1 aliphatic heterocycles. The lowest BCUT2D eigenvalue weighted by Gasteiger charge is -2.26. The first kappa shape index (κ1) is 12.0. The van der Waals surface area contributed by atoms with Crippen LogP contribution in [0, 0.1) is 0 Å². The minimum Gasteiger partial charge on any atom is -0.386 e. The second-order valence-electron chi connectivity index (χ2n) is 4.39. The molecule has 2 heterocycles. The van der Waals surface area contributed by atoms with Gasteiger partial charge in [-0.15, -0.1) is 0 Å². The third kappa shape index (κ3) is 2.36. The van der Waals surface area contributed by atoms with Crippen LogP contribution in [0.1, 0.15) is 11.7 Å². The first-order valence-corrected chi connectivity index (χ1v) is 7.22. The van der Waals surface area contributed by atoms with Crippen LogP contribution in [0.3, 0.4) is 0 Å². The zero-order chi connectivity index (χ0) is 12.4. The topological polar surface area (TPSA) is 42.4 Å². The summed E-state index contributed by atoms with van der Waals surface area (Å²) in [4.78, 5) is 4.37. The van der Waals surface area contributed by atoms with Crippen LogP contribution in [-0.2, 0) is 4.74 Å². The molecule has 0 amide bonds. The molecule has 2 aromatic rings. The van der Waals surface area contributed by atoms with E-state index in [1.807, 2.05) is 42.1 Å². The summed E-state index contributed by atoms with van der Waals surface area (Å²) in [7, 11) is 0. The van der Waals surface area contributed by atoms with Crippen LogP contribution in [0.2, 0.25) is 0 Å². The van der Waals surface area contributed by atoms with Gasteiger partial charge in [-0.05, 0) is 12.1 Å². The molecule has 0 saturated carbocycles. The highest BCUT2D eigenvalue weighted by Gasteiger charge is 2.24. The molecule has 1 saturated heterocycles. The van der Waals surface area contributed by atoms with Crippen molar-refractivity contribution in [2.24, 2.45) is 0 Å². The van der Waals surface area contributed by atoms with E-state index in [-0.39, 0.29) is 6.10 Å². The highest BCUT2D eigenvalue weighted by Crippen LogP contribution is 2.26. The highest BCUT2D eigenvalue weighted by molar-refractivity contribution is 7.99. The molecule has 1 aromatic carbocycles. The van der Waals surface area contributed by atoms with Gasteiger partial charge in [-0.25, -0.2) is 0 Å². The Hall–Kier alpha value is -1.10. The molecule has 3 rings (SSSR count). The fraction of sp³-hybridized carbons (Fsp3) is 0.357. The average Bonchev–Trinajstić information content (AvgIpc) is 2.47. The average molecular weight is 261 g/mol. The van der Waals surface area contributed by atoms with Gasteiger partial charge < -0.3 is 9.84 Å². The Kier molecular flexibility index (Phi) is 3.50. The number of aliphatic hydroxyl groups is 1. The van der Waals surface area contributed by atoms with Gasteiger partial charge in [0.2, 0.25) is 0 Å². The van der Waals surface area contributed by atoms with Crippen LogP contribution in [-0.4, -0.2) is 34.3 Å². The standard InChI is InChI=1S/C14H15NO2S/c16-14(13-9-18-6-5-17-13)11-7-10-3-1-2-4-12(10)15-8-11/h1-4,7-8,13-14,16H,5-6,9H2. The number of para-hydroxylation sites is 1. The molecular formula is C14H15NO2S.